The number of carbonyl (C=O) groups excluding carboxylic acids is 1. The summed E-state index contributed by atoms with van der Waals surface area (Å²) in [5.41, 5.74) is 8.04. The Morgan fingerprint density at radius 2 is 2.05 bits per heavy atom. The lowest BCUT2D eigenvalue weighted by Crippen LogP contribution is -2.04. The van der Waals surface area contributed by atoms with Crippen molar-refractivity contribution in [2.75, 3.05) is 12.8 Å². The van der Waals surface area contributed by atoms with Gasteiger partial charge in [-0.15, -0.1) is 0 Å². The molecule has 1 aromatic heterocycles. The normalized spacial score (nSPS) is 10.8. The maximum atomic E-state index is 12.8. The van der Waals surface area contributed by atoms with Gasteiger partial charge in [0.05, 0.1) is 17.7 Å². The zero-order chi connectivity index (χ0) is 15.0. The van der Waals surface area contributed by atoms with Crippen LogP contribution in [0, 0.1) is 0 Å². The SMILES string of the molecule is COc1cc(N)ccc1C(=O)c1c[nH]c2cccc(Cl)c12. The van der Waals surface area contributed by atoms with Crippen molar-refractivity contribution in [3.8, 4) is 5.75 Å². The monoisotopic (exact) mass is 300 g/mol. The summed E-state index contributed by atoms with van der Waals surface area (Å²) in [5, 5.41) is 1.24. The summed E-state index contributed by atoms with van der Waals surface area (Å²) in [6.45, 7) is 0. The van der Waals surface area contributed by atoms with E-state index in [0.717, 1.165) is 5.52 Å². The molecule has 3 aromatic rings. The van der Waals surface area contributed by atoms with Crippen LogP contribution < -0.4 is 10.5 Å². The molecule has 5 heteroatoms. The molecule has 0 aliphatic heterocycles. The molecule has 0 fully saturated rings. The molecule has 2 aromatic carbocycles. The number of fused-ring (bicyclic) bond motifs is 1. The van der Waals surface area contributed by atoms with Crippen LogP contribution in [0.15, 0.2) is 42.6 Å². The van der Waals surface area contributed by atoms with Crippen LogP contribution in [0.3, 0.4) is 0 Å². The van der Waals surface area contributed by atoms with Crippen molar-refractivity contribution in [2.24, 2.45) is 0 Å². The molecule has 0 aliphatic carbocycles. The van der Waals surface area contributed by atoms with Gasteiger partial charge >= 0.3 is 0 Å². The summed E-state index contributed by atoms with van der Waals surface area (Å²) < 4.78 is 5.24. The number of ether oxygens (including phenoxy) is 1. The highest BCUT2D eigenvalue weighted by atomic mass is 35.5. The molecule has 0 bridgehead atoms. The zero-order valence-corrected chi connectivity index (χ0v) is 12.1. The van der Waals surface area contributed by atoms with E-state index in [1.807, 2.05) is 12.1 Å². The number of aromatic amines is 1. The van der Waals surface area contributed by atoms with Gasteiger partial charge in [-0.1, -0.05) is 17.7 Å². The van der Waals surface area contributed by atoms with Crippen molar-refractivity contribution in [1.29, 1.82) is 0 Å². The van der Waals surface area contributed by atoms with Crippen LogP contribution in [-0.2, 0) is 0 Å². The lowest BCUT2D eigenvalue weighted by molar-refractivity contribution is 0.103. The van der Waals surface area contributed by atoms with Gasteiger partial charge in [0.15, 0.2) is 5.78 Å². The highest BCUT2D eigenvalue weighted by molar-refractivity contribution is 6.37. The highest BCUT2D eigenvalue weighted by Crippen LogP contribution is 2.31. The van der Waals surface area contributed by atoms with Crippen LogP contribution in [-0.4, -0.2) is 17.9 Å². The quantitative estimate of drug-likeness (QED) is 0.573. The fraction of sp³-hybridized carbons (Fsp3) is 0.0625. The first kappa shape index (κ1) is 13.5. The molecule has 0 radical (unpaired) electrons. The van der Waals surface area contributed by atoms with Crippen LogP contribution in [0.5, 0.6) is 5.75 Å². The predicted molar refractivity (Wildman–Crippen MR) is 84.1 cm³/mol. The van der Waals surface area contributed by atoms with Crippen molar-refractivity contribution >= 4 is 34.0 Å². The Hall–Kier alpha value is -2.46. The number of H-pyrrole nitrogens is 1. The first-order valence-electron chi connectivity index (χ1n) is 6.35. The van der Waals surface area contributed by atoms with E-state index in [1.165, 1.54) is 7.11 Å². The molecule has 106 valence electrons. The van der Waals surface area contributed by atoms with E-state index >= 15 is 0 Å². The zero-order valence-electron chi connectivity index (χ0n) is 11.3. The number of rotatable bonds is 3. The Morgan fingerprint density at radius 3 is 2.81 bits per heavy atom. The second-order valence-corrected chi connectivity index (χ2v) is 5.06. The fourth-order valence-corrected chi connectivity index (χ4v) is 2.64. The van der Waals surface area contributed by atoms with Crippen LogP contribution >= 0.6 is 11.6 Å². The van der Waals surface area contributed by atoms with Gasteiger partial charge in [0, 0.05) is 34.4 Å². The Morgan fingerprint density at radius 1 is 1.24 bits per heavy atom. The Balaban J connectivity index is 2.17. The van der Waals surface area contributed by atoms with Crippen LogP contribution in [0.25, 0.3) is 10.9 Å². The fourth-order valence-electron chi connectivity index (χ4n) is 2.36. The molecule has 21 heavy (non-hydrogen) atoms. The lowest BCUT2D eigenvalue weighted by Gasteiger charge is -2.08. The molecule has 0 aliphatic rings. The average Bonchev–Trinajstić information content (AvgIpc) is 2.92. The Labute approximate surface area is 126 Å². The second kappa shape index (κ2) is 5.14. The topological polar surface area (TPSA) is 68.1 Å². The van der Waals surface area contributed by atoms with Gasteiger partial charge in [-0.3, -0.25) is 4.79 Å². The molecule has 0 unspecified atom stereocenters. The Kier molecular flexibility index (Phi) is 3.31. The summed E-state index contributed by atoms with van der Waals surface area (Å²) in [7, 11) is 1.51. The molecule has 3 N–H and O–H groups in total. The van der Waals surface area contributed by atoms with E-state index in [-0.39, 0.29) is 5.78 Å². The van der Waals surface area contributed by atoms with Crippen molar-refractivity contribution < 1.29 is 9.53 Å². The lowest BCUT2D eigenvalue weighted by atomic mass is 10.0. The van der Waals surface area contributed by atoms with E-state index in [2.05, 4.69) is 4.98 Å². The van der Waals surface area contributed by atoms with Crippen LogP contribution in [0.2, 0.25) is 5.02 Å². The predicted octanol–water partition coefficient (Wildman–Crippen LogP) is 3.64. The number of nitrogens with two attached hydrogens (primary N) is 1. The van der Waals surface area contributed by atoms with Crippen LogP contribution in [0.1, 0.15) is 15.9 Å². The Bertz CT molecular complexity index is 839. The van der Waals surface area contributed by atoms with Crippen molar-refractivity contribution in [3.63, 3.8) is 0 Å². The molecule has 0 spiro atoms. The minimum Gasteiger partial charge on any atom is -0.496 e. The number of benzene rings is 2. The van der Waals surface area contributed by atoms with Gasteiger partial charge in [0.2, 0.25) is 0 Å². The summed E-state index contributed by atoms with van der Waals surface area (Å²) in [5.74, 6) is 0.285. The number of nitrogen functional groups attached to an aromatic ring is 1. The number of halogens is 1. The smallest absolute Gasteiger partial charge is 0.198 e. The molecular weight excluding hydrogens is 288 g/mol. The minimum atomic E-state index is -0.161. The standard InChI is InChI=1S/C16H13ClN2O2/c1-21-14-7-9(18)5-6-10(14)16(20)11-8-19-13-4-2-3-12(17)15(11)13/h2-8,19H,18H2,1H3. The van der Waals surface area contributed by atoms with Crippen molar-refractivity contribution in [2.45, 2.75) is 0 Å². The van der Waals surface area contributed by atoms with Gasteiger partial charge < -0.3 is 15.5 Å². The summed E-state index contributed by atoms with van der Waals surface area (Å²) in [6.07, 6.45) is 1.66. The molecule has 0 atom stereocenters. The second-order valence-electron chi connectivity index (χ2n) is 4.65. The third-order valence-corrected chi connectivity index (χ3v) is 3.68. The number of aromatic nitrogens is 1. The van der Waals surface area contributed by atoms with Gasteiger partial charge in [-0.25, -0.2) is 0 Å². The number of hydrogen-bond donors (Lipinski definition) is 2. The largest absolute Gasteiger partial charge is 0.496 e. The van der Waals surface area contributed by atoms with Crippen LogP contribution in [0.4, 0.5) is 5.69 Å². The van der Waals surface area contributed by atoms with E-state index < -0.39 is 0 Å². The maximum Gasteiger partial charge on any atom is 0.198 e. The third-order valence-electron chi connectivity index (χ3n) is 3.37. The minimum absolute atomic E-state index is 0.161. The van der Waals surface area contributed by atoms with Crippen molar-refractivity contribution in [1.82, 2.24) is 4.98 Å². The van der Waals surface area contributed by atoms with Gasteiger partial charge in [0.25, 0.3) is 0 Å². The number of hydrogen-bond acceptors (Lipinski definition) is 3. The first-order valence-corrected chi connectivity index (χ1v) is 6.73. The molecule has 3 rings (SSSR count). The molecule has 0 amide bonds. The summed E-state index contributed by atoms with van der Waals surface area (Å²) in [4.78, 5) is 15.8. The van der Waals surface area contributed by atoms with E-state index in [9.17, 15) is 4.79 Å². The summed E-state index contributed by atoms with van der Waals surface area (Å²) in [6, 6.07) is 10.4. The van der Waals surface area contributed by atoms with Crippen molar-refractivity contribution in [3.05, 3.63) is 58.7 Å². The molecule has 0 saturated heterocycles. The first-order chi connectivity index (χ1) is 10.1. The molecule has 0 saturated carbocycles. The summed E-state index contributed by atoms with van der Waals surface area (Å²) >= 11 is 6.21. The van der Waals surface area contributed by atoms with Gasteiger partial charge in [-0.05, 0) is 24.3 Å². The number of anilines is 1. The number of nitrogens with one attached hydrogen (secondary N) is 1. The number of methoxy groups -OCH3 is 1. The highest BCUT2D eigenvalue weighted by Gasteiger charge is 2.19. The third kappa shape index (κ3) is 2.23. The van der Waals surface area contributed by atoms with E-state index in [0.29, 0.717) is 33.0 Å². The van der Waals surface area contributed by atoms with E-state index in [1.54, 1.807) is 30.5 Å². The molecule has 1 heterocycles. The van der Waals surface area contributed by atoms with E-state index in [4.69, 9.17) is 22.1 Å². The molecular formula is C16H13ClN2O2. The maximum absolute atomic E-state index is 12.8. The molecule has 4 nitrogen and oxygen atoms in total. The van der Waals surface area contributed by atoms with Gasteiger partial charge in [-0.2, -0.15) is 0 Å². The number of carbonyl (C=O) groups is 1. The van der Waals surface area contributed by atoms with Gasteiger partial charge in [0.1, 0.15) is 5.75 Å². The number of ketones is 1. The average molecular weight is 301 g/mol.